The third kappa shape index (κ3) is 6.21. The highest BCUT2D eigenvalue weighted by Gasteiger charge is 2.41. The summed E-state index contributed by atoms with van der Waals surface area (Å²) in [6.45, 7) is 2.30. The van der Waals surface area contributed by atoms with Gasteiger partial charge in [0.05, 0.1) is 47.2 Å². The van der Waals surface area contributed by atoms with Gasteiger partial charge in [-0.15, -0.1) is 0 Å². The minimum Gasteiger partial charge on any atom is -0.394 e. The van der Waals surface area contributed by atoms with Gasteiger partial charge in [-0.25, -0.2) is 9.37 Å². The van der Waals surface area contributed by atoms with Crippen molar-refractivity contribution in [2.75, 3.05) is 30.0 Å². The molecule has 6 nitrogen and oxygen atoms in total. The predicted molar refractivity (Wildman–Crippen MR) is 141 cm³/mol. The van der Waals surface area contributed by atoms with E-state index in [4.69, 9.17) is 0 Å². The summed E-state index contributed by atoms with van der Waals surface area (Å²) in [6.07, 6.45) is -9.38. The lowest BCUT2D eigenvalue weighted by molar-refractivity contribution is -0.143. The Kier molecular flexibility index (Phi) is 8.31. The van der Waals surface area contributed by atoms with Crippen LogP contribution in [-0.4, -0.2) is 53.4 Å². The Hall–Kier alpha value is -3.71. The molecule has 13 heteroatoms. The third-order valence-corrected chi connectivity index (χ3v) is 7.41. The number of nitrogens with zero attached hydrogens (tertiary/aromatic N) is 3. The number of benzene rings is 2. The largest absolute Gasteiger partial charge is 0.416 e. The molecule has 2 atom stereocenters. The van der Waals surface area contributed by atoms with E-state index in [1.165, 1.54) is 51.4 Å². The molecule has 0 spiro atoms. The van der Waals surface area contributed by atoms with Gasteiger partial charge >= 0.3 is 12.4 Å². The van der Waals surface area contributed by atoms with Crippen molar-refractivity contribution in [2.24, 2.45) is 0 Å². The highest BCUT2D eigenvalue weighted by molar-refractivity contribution is 6.03. The highest BCUT2D eigenvalue weighted by Crippen LogP contribution is 2.41. The van der Waals surface area contributed by atoms with Crippen LogP contribution in [-0.2, 0) is 22.6 Å². The Morgan fingerprint density at radius 2 is 1.60 bits per heavy atom. The average molecular weight is 600 g/mol. The van der Waals surface area contributed by atoms with Crippen LogP contribution in [0.4, 0.5) is 42.2 Å². The van der Waals surface area contributed by atoms with Crippen LogP contribution in [0.25, 0.3) is 11.1 Å². The first-order chi connectivity index (χ1) is 19.4. The molecule has 2 aromatic carbocycles. The molecule has 1 fully saturated rings. The van der Waals surface area contributed by atoms with Gasteiger partial charge < -0.3 is 20.0 Å². The number of hydrogen-bond acceptors (Lipinski definition) is 5. The van der Waals surface area contributed by atoms with Crippen LogP contribution in [0.3, 0.4) is 0 Å². The molecule has 2 heterocycles. The van der Waals surface area contributed by atoms with E-state index in [0.29, 0.717) is 23.5 Å². The molecule has 2 unspecified atom stereocenters. The second-order valence-corrected chi connectivity index (χ2v) is 10.7. The number of likely N-dealkylation sites (N-methyl/N-ethyl adjacent to an activating group) is 1. The summed E-state index contributed by atoms with van der Waals surface area (Å²) in [5.74, 6) is -1.15. The topological polar surface area (TPSA) is 76.9 Å². The lowest BCUT2D eigenvalue weighted by atomic mass is 9.81. The number of amides is 1. The Bertz CT molecular complexity index is 1440. The summed E-state index contributed by atoms with van der Waals surface area (Å²) >= 11 is 0. The molecule has 1 saturated heterocycles. The van der Waals surface area contributed by atoms with E-state index in [1.807, 2.05) is 0 Å². The van der Waals surface area contributed by atoms with Gasteiger partial charge in [-0.1, -0.05) is 12.1 Å². The van der Waals surface area contributed by atoms with Gasteiger partial charge in [-0.05, 0) is 67.8 Å². The fraction of sp³-hybridized carbons (Fsp3) is 0.379. The van der Waals surface area contributed by atoms with E-state index in [-0.39, 0.29) is 36.9 Å². The van der Waals surface area contributed by atoms with Crippen LogP contribution in [0.15, 0.2) is 54.7 Å². The first kappa shape index (κ1) is 31.2. The first-order valence-electron chi connectivity index (χ1n) is 12.8. The Labute approximate surface area is 237 Å². The fourth-order valence-electron chi connectivity index (χ4n) is 5.06. The second-order valence-electron chi connectivity index (χ2n) is 10.7. The van der Waals surface area contributed by atoms with E-state index in [1.54, 1.807) is 11.0 Å². The van der Waals surface area contributed by atoms with Gasteiger partial charge in [-0.3, -0.25) is 4.79 Å². The molecule has 1 aliphatic heterocycles. The number of anilines is 2. The number of rotatable bonds is 6. The van der Waals surface area contributed by atoms with Gasteiger partial charge in [0.15, 0.2) is 0 Å². The van der Waals surface area contributed by atoms with Gasteiger partial charge in [0, 0.05) is 19.2 Å². The summed E-state index contributed by atoms with van der Waals surface area (Å²) in [5.41, 5.74) is -4.79. The van der Waals surface area contributed by atoms with Crippen LogP contribution in [0, 0.1) is 5.82 Å². The van der Waals surface area contributed by atoms with E-state index in [0.717, 1.165) is 4.90 Å². The van der Waals surface area contributed by atoms with E-state index >= 15 is 0 Å². The number of carbonyl (C=O) groups is 1. The normalized spacial score (nSPS) is 18.0. The smallest absolute Gasteiger partial charge is 0.394 e. The van der Waals surface area contributed by atoms with Crippen molar-refractivity contribution in [3.63, 3.8) is 0 Å². The number of hydrogen-bond donors (Lipinski definition) is 2. The molecule has 1 amide bonds. The van der Waals surface area contributed by atoms with Gasteiger partial charge in [0.2, 0.25) is 5.91 Å². The zero-order valence-electron chi connectivity index (χ0n) is 22.8. The van der Waals surface area contributed by atoms with Crippen molar-refractivity contribution < 1.29 is 45.7 Å². The minimum absolute atomic E-state index is 0.00654. The van der Waals surface area contributed by atoms with Crippen LogP contribution >= 0.6 is 0 Å². The molecule has 0 radical (unpaired) electrons. The second kappa shape index (κ2) is 11.2. The SMILES string of the molecule is CN(C(=O)C(C)(C)c1cc(C(F)(F)F)cc(C(F)(F)F)c1)c1cnc(N2CC(O)CC2CO)cc1-c1cccc(F)c1. The first-order valence-corrected chi connectivity index (χ1v) is 12.8. The maximum Gasteiger partial charge on any atom is 0.416 e. The third-order valence-electron chi connectivity index (χ3n) is 7.41. The molecule has 4 rings (SSSR count). The van der Waals surface area contributed by atoms with Crippen LogP contribution in [0.2, 0.25) is 0 Å². The van der Waals surface area contributed by atoms with Crippen molar-refractivity contribution in [2.45, 2.75) is 50.2 Å². The standard InChI is InChI=1S/C29H28F7N3O3/c1-27(2,17-8-18(28(31,32)33)10-19(9-17)29(34,35)36)26(42)38(3)24-13-37-25(39-14-22(41)11-21(39)15-40)12-23(24)16-5-4-6-20(30)7-16/h4-10,12-13,21-22,40-41H,11,14-15H2,1-3H3. The number of pyridine rings is 1. The molecule has 0 aliphatic carbocycles. The van der Waals surface area contributed by atoms with Gasteiger partial charge in [0.1, 0.15) is 11.6 Å². The van der Waals surface area contributed by atoms with E-state index < -0.39 is 58.3 Å². The maximum atomic E-state index is 14.2. The number of β-amino-alcohol motifs (C(OH)–C–C–N with tert-alkyl or cyclic N) is 1. The summed E-state index contributed by atoms with van der Waals surface area (Å²) in [6, 6.07) is 7.47. The van der Waals surface area contributed by atoms with Crippen LogP contribution < -0.4 is 9.80 Å². The summed E-state index contributed by atoms with van der Waals surface area (Å²) in [4.78, 5) is 20.9. The zero-order chi connectivity index (χ0) is 31.2. The summed E-state index contributed by atoms with van der Waals surface area (Å²) in [5, 5.41) is 19.9. The van der Waals surface area contributed by atoms with Gasteiger partial charge in [0.25, 0.3) is 0 Å². The summed E-state index contributed by atoms with van der Waals surface area (Å²) in [7, 11) is 1.29. The van der Waals surface area contributed by atoms with Gasteiger partial charge in [-0.2, -0.15) is 26.3 Å². The van der Waals surface area contributed by atoms with Crippen LogP contribution in [0.5, 0.6) is 0 Å². The molecule has 2 N–H and O–H groups in total. The summed E-state index contributed by atoms with van der Waals surface area (Å²) < 4.78 is 95.4. The highest BCUT2D eigenvalue weighted by atomic mass is 19.4. The molecule has 0 saturated carbocycles. The van der Waals surface area contributed by atoms with Crippen molar-refractivity contribution in [3.05, 3.63) is 77.2 Å². The molecule has 42 heavy (non-hydrogen) atoms. The van der Waals surface area contributed by atoms with Crippen molar-refractivity contribution in [1.29, 1.82) is 0 Å². The lowest BCUT2D eigenvalue weighted by Crippen LogP contribution is -2.42. The number of halogens is 7. The Morgan fingerprint density at radius 1 is 1.00 bits per heavy atom. The number of aliphatic hydroxyl groups excluding tert-OH is 2. The van der Waals surface area contributed by atoms with Crippen molar-refractivity contribution in [1.82, 2.24) is 4.98 Å². The molecule has 226 valence electrons. The fourth-order valence-corrected chi connectivity index (χ4v) is 5.06. The van der Waals surface area contributed by atoms with Crippen LogP contribution in [0.1, 0.15) is 37.0 Å². The quantitative estimate of drug-likeness (QED) is 0.351. The zero-order valence-corrected chi connectivity index (χ0v) is 22.8. The predicted octanol–water partition coefficient (Wildman–Crippen LogP) is 5.80. The number of carbonyl (C=O) groups excluding carboxylic acids is 1. The van der Waals surface area contributed by atoms with E-state index in [2.05, 4.69) is 4.98 Å². The molecular formula is C29H28F7N3O3. The average Bonchev–Trinajstić information content (AvgIpc) is 3.31. The molecule has 0 bridgehead atoms. The molecular weight excluding hydrogens is 571 g/mol. The Morgan fingerprint density at radius 3 is 2.14 bits per heavy atom. The van der Waals surface area contributed by atoms with Crippen molar-refractivity contribution >= 4 is 17.4 Å². The monoisotopic (exact) mass is 599 g/mol. The lowest BCUT2D eigenvalue weighted by Gasteiger charge is -2.32. The van der Waals surface area contributed by atoms with Crippen molar-refractivity contribution in [3.8, 4) is 11.1 Å². The molecule has 1 aromatic heterocycles. The minimum atomic E-state index is -5.10. The van der Waals surface area contributed by atoms with E-state index in [9.17, 15) is 45.7 Å². The number of aliphatic hydroxyl groups is 2. The molecule has 3 aromatic rings. The molecule has 1 aliphatic rings. The number of aromatic nitrogens is 1. The number of alkyl halides is 6. The maximum absolute atomic E-state index is 14.2. The Balaban J connectivity index is 1.81.